The number of para-hydroxylation sites is 1. The number of hydrogen-bond donors (Lipinski definition) is 1. The topological polar surface area (TPSA) is 52.5 Å². The zero-order chi connectivity index (χ0) is 15.5. The molecule has 0 unspecified atom stereocenters. The summed E-state index contributed by atoms with van der Waals surface area (Å²) in [6, 6.07) is 12.2. The summed E-state index contributed by atoms with van der Waals surface area (Å²) >= 11 is 0. The molecule has 0 fully saturated rings. The van der Waals surface area contributed by atoms with Crippen molar-refractivity contribution in [3.05, 3.63) is 53.9 Å². The molecule has 0 bridgehead atoms. The van der Waals surface area contributed by atoms with Crippen molar-refractivity contribution in [1.29, 1.82) is 0 Å². The summed E-state index contributed by atoms with van der Waals surface area (Å²) in [6.07, 6.45) is 2.84. The van der Waals surface area contributed by atoms with Crippen LogP contribution in [0.4, 0.5) is 0 Å². The van der Waals surface area contributed by atoms with E-state index < -0.39 is 0 Å². The van der Waals surface area contributed by atoms with Crippen molar-refractivity contribution in [2.75, 3.05) is 13.2 Å². The molecule has 0 saturated carbocycles. The predicted octanol–water partition coefficient (Wildman–Crippen LogP) is 3.21. The maximum atomic E-state index is 5.81. The zero-order valence-corrected chi connectivity index (χ0v) is 13.0. The average Bonchev–Trinajstić information content (AvgIpc) is 2.86. The Morgan fingerprint density at radius 3 is 2.82 bits per heavy atom. The van der Waals surface area contributed by atoms with Crippen molar-refractivity contribution in [1.82, 2.24) is 9.38 Å². The van der Waals surface area contributed by atoms with Crippen LogP contribution in [0.25, 0.3) is 16.9 Å². The van der Waals surface area contributed by atoms with Crippen molar-refractivity contribution < 1.29 is 4.74 Å². The normalized spacial score (nSPS) is 11.0. The van der Waals surface area contributed by atoms with Crippen LogP contribution in [0, 0.1) is 6.92 Å². The Morgan fingerprint density at radius 2 is 2.05 bits per heavy atom. The molecule has 0 spiro atoms. The first kappa shape index (κ1) is 14.6. The highest BCUT2D eigenvalue weighted by Gasteiger charge is 2.16. The number of imidazole rings is 1. The number of hydrogen-bond acceptors (Lipinski definition) is 3. The van der Waals surface area contributed by atoms with E-state index in [9.17, 15) is 0 Å². The molecule has 0 aliphatic heterocycles. The summed E-state index contributed by atoms with van der Waals surface area (Å²) in [5.41, 5.74) is 11.1. The number of fused-ring (bicyclic) bond motifs is 1. The third-order valence-electron chi connectivity index (χ3n) is 3.70. The molecule has 2 aromatic heterocycles. The van der Waals surface area contributed by atoms with Crippen LogP contribution >= 0.6 is 0 Å². The number of pyridine rings is 1. The van der Waals surface area contributed by atoms with E-state index in [4.69, 9.17) is 15.5 Å². The Kier molecular flexibility index (Phi) is 4.11. The molecule has 0 radical (unpaired) electrons. The Hall–Kier alpha value is -2.33. The van der Waals surface area contributed by atoms with Crippen LogP contribution in [0.15, 0.2) is 42.6 Å². The van der Waals surface area contributed by atoms with Gasteiger partial charge in [0.05, 0.1) is 18.0 Å². The van der Waals surface area contributed by atoms with Crippen LogP contribution in [0.3, 0.4) is 0 Å². The van der Waals surface area contributed by atoms with Gasteiger partial charge in [-0.05, 0) is 50.2 Å². The van der Waals surface area contributed by atoms with E-state index >= 15 is 0 Å². The second kappa shape index (κ2) is 6.20. The van der Waals surface area contributed by atoms with Gasteiger partial charge in [-0.2, -0.15) is 0 Å². The fourth-order valence-electron chi connectivity index (χ4n) is 2.73. The van der Waals surface area contributed by atoms with Gasteiger partial charge in [-0.15, -0.1) is 0 Å². The molecule has 1 aromatic carbocycles. The Bertz CT molecular complexity index is 792. The first-order valence-corrected chi connectivity index (χ1v) is 7.64. The van der Waals surface area contributed by atoms with Crippen LogP contribution in [-0.4, -0.2) is 22.5 Å². The molecule has 4 heteroatoms. The summed E-state index contributed by atoms with van der Waals surface area (Å²) in [5.74, 6) is 0.864. The lowest BCUT2D eigenvalue weighted by molar-refractivity contribution is 0.341. The third kappa shape index (κ3) is 2.57. The number of rotatable bonds is 5. The molecule has 4 nitrogen and oxygen atoms in total. The molecule has 0 atom stereocenters. The maximum absolute atomic E-state index is 5.81. The summed E-state index contributed by atoms with van der Waals surface area (Å²) in [7, 11) is 0. The van der Waals surface area contributed by atoms with Crippen molar-refractivity contribution in [2.24, 2.45) is 5.73 Å². The highest BCUT2D eigenvalue weighted by Crippen LogP contribution is 2.32. The quantitative estimate of drug-likeness (QED) is 0.786. The number of aryl methyl sites for hydroxylation is 1. The second-order valence-corrected chi connectivity index (χ2v) is 5.31. The molecule has 0 aliphatic rings. The van der Waals surface area contributed by atoms with E-state index in [1.54, 1.807) is 0 Å². The first-order chi connectivity index (χ1) is 10.7. The second-order valence-electron chi connectivity index (χ2n) is 5.31. The van der Waals surface area contributed by atoms with Crippen LogP contribution in [0.1, 0.15) is 18.2 Å². The van der Waals surface area contributed by atoms with Gasteiger partial charge in [0.2, 0.25) is 0 Å². The lowest BCUT2D eigenvalue weighted by Gasteiger charge is -2.10. The molecule has 114 valence electrons. The molecule has 3 aromatic rings. The monoisotopic (exact) mass is 295 g/mol. The molecule has 0 saturated heterocycles. The number of ether oxygens (including phenoxy) is 1. The van der Waals surface area contributed by atoms with Gasteiger partial charge >= 0.3 is 0 Å². The van der Waals surface area contributed by atoms with Crippen molar-refractivity contribution in [3.63, 3.8) is 0 Å². The van der Waals surface area contributed by atoms with Crippen LogP contribution in [-0.2, 0) is 6.42 Å². The molecule has 3 rings (SSSR count). The lowest BCUT2D eigenvalue weighted by atomic mass is 10.1. The van der Waals surface area contributed by atoms with Crippen LogP contribution in [0.5, 0.6) is 5.75 Å². The summed E-state index contributed by atoms with van der Waals surface area (Å²) < 4.78 is 7.89. The van der Waals surface area contributed by atoms with Gasteiger partial charge < -0.3 is 14.9 Å². The average molecular weight is 295 g/mol. The van der Waals surface area contributed by atoms with E-state index in [0.29, 0.717) is 13.2 Å². The van der Waals surface area contributed by atoms with Crippen molar-refractivity contribution in [3.8, 4) is 17.0 Å². The minimum Gasteiger partial charge on any atom is -0.493 e. The fraction of sp³-hybridized carbons (Fsp3) is 0.278. The smallest absolute Gasteiger partial charge is 0.137 e. The fourth-order valence-corrected chi connectivity index (χ4v) is 2.73. The van der Waals surface area contributed by atoms with Gasteiger partial charge in [-0.25, -0.2) is 4.98 Å². The van der Waals surface area contributed by atoms with E-state index in [0.717, 1.165) is 34.8 Å². The largest absolute Gasteiger partial charge is 0.493 e. The SMILES string of the molecule is CCOc1ccccc1-c1nc2cc(C)ccn2c1CCN. The Morgan fingerprint density at radius 1 is 1.23 bits per heavy atom. The number of nitrogens with zero attached hydrogens (tertiary/aromatic N) is 2. The van der Waals surface area contributed by atoms with E-state index in [-0.39, 0.29) is 0 Å². The molecule has 22 heavy (non-hydrogen) atoms. The van der Waals surface area contributed by atoms with Crippen molar-refractivity contribution in [2.45, 2.75) is 20.3 Å². The van der Waals surface area contributed by atoms with Gasteiger partial charge in [-0.1, -0.05) is 12.1 Å². The van der Waals surface area contributed by atoms with Crippen LogP contribution in [0.2, 0.25) is 0 Å². The summed E-state index contributed by atoms with van der Waals surface area (Å²) in [4.78, 5) is 4.83. The minimum absolute atomic E-state index is 0.589. The highest BCUT2D eigenvalue weighted by molar-refractivity contribution is 5.72. The van der Waals surface area contributed by atoms with Crippen LogP contribution < -0.4 is 10.5 Å². The third-order valence-corrected chi connectivity index (χ3v) is 3.70. The molecule has 0 amide bonds. The first-order valence-electron chi connectivity index (χ1n) is 7.64. The van der Waals surface area contributed by atoms with E-state index in [1.807, 2.05) is 25.1 Å². The van der Waals surface area contributed by atoms with Gasteiger partial charge in [0.25, 0.3) is 0 Å². The van der Waals surface area contributed by atoms with E-state index in [2.05, 4.69) is 35.7 Å². The van der Waals surface area contributed by atoms with Gasteiger partial charge in [0.15, 0.2) is 0 Å². The summed E-state index contributed by atoms with van der Waals surface area (Å²) in [6.45, 7) is 5.29. The zero-order valence-electron chi connectivity index (χ0n) is 13.0. The van der Waals surface area contributed by atoms with E-state index in [1.165, 1.54) is 5.56 Å². The highest BCUT2D eigenvalue weighted by atomic mass is 16.5. The number of benzene rings is 1. The number of nitrogens with two attached hydrogens (primary N) is 1. The van der Waals surface area contributed by atoms with Gasteiger partial charge in [0.1, 0.15) is 11.4 Å². The predicted molar refractivity (Wildman–Crippen MR) is 89.3 cm³/mol. The molecule has 2 N–H and O–H groups in total. The Labute approximate surface area is 130 Å². The molecule has 0 aliphatic carbocycles. The summed E-state index contributed by atoms with van der Waals surface area (Å²) in [5, 5.41) is 0. The molecule has 2 heterocycles. The minimum atomic E-state index is 0.589. The maximum Gasteiger partial charge on any atom is 0.137 e. The van der Waals surface area contributed by atoms with Crippen molar-refractivity contribution >= 4 is 5.65 Å². The number of aromatic nitrogens is 2. The standard InChI is InChI=1S/C18H21N3O/c1-3-22-16-7-5-4-6-14(16)18-15(8-10-19)21-11-9-13(2)12-17(21)20-18/h4-7,9,11-12H,3,8,10,19H2,1-2H3. The Balaban J connectivity index is 2.23. The molecular weight excluding hydrogens is 274 g/mol. The lowest BCUT2D eigenvalue weighted by Crippen LogP contribution is -2.06. The van der Waals surface area contributed by atoms with Gasteiger partial charge in [-0.3, -0.25) is 0 Å². The molecular formula is C18H21N3O. The van der Waals surface area contributed by atoms with Gasteiger partial charge in [0, 0.05) is 18.2 Å².